The smallest absolute Gasteiger partial charge is 0.134 e. The van der Waals surface area contributed by atoms with Crippen LogP contribution in [0.4, 0.5) is 0 Å². The Balaban J connectivity index is 2.54. The highest BCUT2D eigenvalue weighted by Gasteiger charge is 2.26. The molecular weight excluding hydrogens is 188 g/mol. The van der Waals surface area contributed by atoms with Gasteiger partial charge in [0, 0.05) is 0 Å². The first-order valence-corrected chi connectivity index (χ1v) is 5.66. The third-order valence-corrected chi connectivity index (χ3v) is 3.06. The minimum atomic E-state index is 0.494. The van der Waals surface area contributed by atoms with E-state index in [4.69, 9.17) is 4.63 Å². The van der Waals surface area contributed by atoms with E-state index in [1.54, 1.807) is 0 Å². The summed E-state index contributed by atoms with van der Waals surface area (Å²) in [6.07, 6.45) is 2.08. The SMILES string of the molecule is CC(C)C1=C(C(C)C)c2nonc2CC1. The molecule has 0 saturated carbocycles. The van der Waals surface area contributed by atoms with Crippen LogP contribution in [0.2, 0.25) is 0 Å². The Morgan fingerprint density at radius 3 is 2.33 bits per heavy atom. The van der Waals surface area contributed by atoms with Crippen LogP contribution in [-0.4, -0.2) is 10.3 Å². The van der Waals surface area contributed by atoms with E-state index in [1.807, 2.05) is 0 Å². The zero-order chi connectivity index (χ0) is 11.0. The summed E-state index contributed by atoms with van der Waals surface area (Å²) in [5, 5.41) is 8.01. The van der Waals surface area contributed by atoms with Gasteiger partial charge < -0.3 is 0 Å². The quantitative estimate of drug-likeness (QED) is 0.746. The maximum atomic E-state index is 4.84. The Labute approximate surface area is 90.5 Å². The minimum absolute atomic E-state index is 0.494. The fourth-order valence-corrected chi connectivity index (χ4v) is 2.36. The molecule has 15 heavy (non-hydrogen) atoms. The number of rotatable bonds is 2. The van der Waals surface area contributed by atoms with Crippen LogP contribution in [0.5, 0.6) is 0 Å². The maximum Gasteiger partial charge on any atom is 0.134 e. The van der Waals surface area contributed by atoms with E-state index in [-0.39, 0.29) is 0 Å². The van der Waals surface area contributed by atoms with Crippen molar-refractivity contribution in [3.05, 3.63) is 17.0 Å². The summed E-state index contributed by atoms with van der Waals surface area (Å²) in [5.74, 6) is 1.08. The predicted molar refractivity (Wildman–Crippen MR) is 59.2 cm³/mol. The van der Waals surface area contributed by atoms with Crippen LogP contribution in [0, 0.1) is 11.8 Å². The second-order valence-electron chi connectivity index (χ2n) is 4.81. The van der Waals surface area contributed by atoms with Crippen LogP contribution in [0.25, 0.3) is 5.57 Å². The van der Waals surface area contributed by atoms with Gasteiger partial charge in [-0.2, -0.15) is 0 Å². The van der Waals surface area contributed by atoms with Gasteiger partial charge in [-0.1, -0.05) is 38.4 Å². The second-order valence-corrected chi connectivity index (χ2v) is 4.81. The molecule has 82 valence electrons. The van der Waals surface area contributed by atoms with Gasteiger partial charge in [-0.25, -0.2) is 4.63 Å². The lowest BCUT2D eigenvalue weighted by Crippen LogP contribution is -2.12. The van der Waals surface area contributed by atoms with Gasteiger partial charge in [0.2, 0.25) is 0 Å². The first-order valence-electron chi connectivity index (χ1n) is 5.66. The molecule has 1 aromatic rings. The number of hydrogen-bond acceptors (Lipinski definition) is 3. The summed E-state index contributed by atoms with van der Waals surface area (Å²) < 4.78 is 4.84. The molecule has 0 bridgehead atoms. The summed E-state index contributed by atoms with van der Waals surface area (Å²) >= 11 is 0. The van der Waals surface area contributed by atoms with Crippen LogP contribution in [0.3, 0.4) is 0 Å². The van der Waals surface area contributed by atoms with Crippen LogP contribution in [0.15, 0.2) is 10.2 Å². The number of hydrogen-bond donors (Lipinski definition) is 0. The molecule has 0 amide bonds. The molecular formula is C12H18N2O. The van der Waals surface area contributed by atoms with Crippen molar-refractivity contribution in [2.24, 2.45) is 11.8 Å². The predicted octanol–water partition coefficient (Wildman–Crippen LogP) is 3.08. The number of allylic oxidation sites excluding steroid dienone is 2. The average molecular weight is 206 g/mol. The highest BCUT2D eigenvalue weighted by molar-refractivity contribution is 5.70. The van der Waals surface area contributed by atoms with Crippen molar-refractivity contribution in [2.45, 2.75) is 40.5 Å². The standard InChI is InChI=1S/C12H18N2O/c1-7(2)9-5-6-10-12(14-15-13-10)11(9)8(3)4/h7-8H,5-6H2,1-4H3. The molecule has 0 N–H and O–H groups in total. The molecule has 3 heteroatoms. The van der Waals surface area contributed by atoms with Crippen molar-refractivity contribution < 1.29 is 4.63 Å². The van der Waals surface area contributed by atoms with E-state index in [1.165, 1.54) is 11.1 Å². The highest BCUT2D eigenvalue weighted by atomic mass is 16.6. The van der Waals surface area contributed by atoms with Gasteiger partial charge in [0.1, 0.15) is 11.4 Å². The molecule has 3 nitrogen and oxygen atoms in total. The third kappa shape index (κ3) is 1.71. The second kappa shape index (κ2) is 3.80. The Kier molecular flexibility index (Phi) is 2.63. The number of aryl methyl sites for hydroxylation is 1. The van der Waals surface area contributed by atoms with Crippen molar-refractivity contribution in [2.75, 3.05) is 0 Å². The van der Waals surface area contributed by atoms with Crippen molar-refractivity contribution >= 4 is 5.57 Å². The summed E-state index contributed by atoms with van der Waals surface area (Å²) in [6.45, 7) is 8.91. The molecule has 0 fully saturated rings. The lowest BCUT2D eigenvalue weighted by molar-refractivity contribution is 0.302. The third-order valence-electron chi connectivity index (χ3n) is 3.06. The summed E-state index contributed by atoms with van der Waals surface area (Å²) in [7, 11) is 0. The topological polar surface area (TPSA) is 38.9 Å². The molecule has 0 unspecified atom stereocenters. The lowest BCUT2D eigenvalue weighted by atomic mass is 9.81. The number of fused-ring (bicyclic) bond motifs is 1. The van der Waals surface area contributed by atoms with E-state index in [0.717, 1.165) is 24.2 Å². The molecule has 1 aliphatic rings. The fourth-order valence-electron chi connectivity index (χ4n) is 2.36. The zero-order valence-electron chi connectivity index (χ0n) is 9.87. The lowest BCUT2D eigenvalue weighted by Gasteiger charge is -2.23. The average Bonchev–Trinajstić information content (AvgIpc) is 2.62. The maximum absolute atomic E-state index is 4.84. The molecule has 0 radical (unpaired) electrons. The van der Waals surface area contributed by atoms with Gasteiger partial charge in [-0.05, 0) is 35.4 Å². The molecule has 2 rings (SSSR count). The van der Waals surface area contributed by atoms with E-state index >= 15 is 0 Å². The largest absolute Gasteiger partial charge is 0.244 e. The van der Waals surface area contributed by atoms with Gasteiger partial charge in [-0.15, -0.1) is 0 Å². The van der Waals surface area contributed by atoms with E-state index in [0.29, 0.717) is 11.8 Å². The Bertz CT molecular complexity index is 388. The van der Waals surface area contributed by atoms with E-state index in [9.17, 15) is 0 Å². The molecule has 0 aromatic carbocycles. The molecule has 1 heterocycles. The molecule has 0 spiro atoms. The Morgan fingerprint density at radius 2 is 1.73 bits per heavy atom. The summed E-state index contributed by atoms with van der Waals surface area (Å²) in [4.78, 5) is 0. The van der Waals surface area contributed by atoms with Gasteiger partial charge in [-0.3, -0.25) is 0 Å². The first-order chi connectivity index (χ1) is 7.11. The van der Waals surface area contributed by atoms with Gasteiger partial charge in [0.15, 0.2) is 0 Å². The molecule has 0 saturated heterocycles. The van der Waals surface area contributed by atoms with Gasteiger partial charge >= 0.3 is 0 Å². The number of nitrogens with zero attached hydrogens (tertiary/aromatic N) is 2. The monoisotopic (exact) mass is 206 g/mol. The van der Waals surface area contributed by atoms with Crippen molar-refractivity contribution in [1.29, 1.82) is 0 Å². The normalized spacial score (nSPS) is 16.4. The first kappa shape index (κ1) is 10.4. The van der Waals surface area contributed by atoms with Crippen molar-refractivity contribution in [3.8, 4) is 0 Å². The summed E-state index contributed by atoms with van der Waals surface area (Å²) in [5.41, 5.74) is 4.91. The zero-order valence-corrected chi connectivity index (χ0v) is 9.87. The summed E-state index contributed by atoms with van der Waals surface area (Å²) in [6, 6.07) is 0. The molecule has 1 aliphatic carbocycles. The molecule has 0 aliphatic heterocycles. The Hall–Kier alpha value is -1.12. The Morgan fingerprint density at radius 1 is 1.00 bits per heavy atom. The highest BCUT2D eigenvalue weighted by Crippen LogP contribution is 2.37. The van der Waals surface area contributed by atoms with E-state index < -0.39 is 0 Å². The van der Waals surface area contributed by atoms with Gasteiger partial charge in [0.05, 0.1) is 0 Å². The van der Waals surface area contributed by atoms with Gasteiger partial charge in [0.25, 0.3) is 0 Å². The molecule has 1 aromatic heterocycles. The van der Waals surface area contributed by atoms with Crippen molar-refractivity contribution in [1.82, 2.24) is 10.3 Å². The number of aromatic nitrogens is 2. The van der Waals surface area contributed by atoms with Crippen LogP contribution >= 0.6 is 0 Å². The fraction of sp³-hybridized carbons (Fsp3) is 0.667. The van der Waals surface area contributed by atoms with Crippen LogP contribution in [-0.2, 0) is 6.42 Å². The van der Waals surface area contributed by atoms with Crippen molar-refractivity contribution in [3.63, 3.8) is 0 Å². The van der Waals surface area contributed by atoms with Crippen LogP contribution in [0.1, 0.15) is 45.5 Å². The minimum Gasteiger partial charge on any atom is -0.244 e. The van der Waals surface area contributed by atoms with Crippen LogP contribution < -0.4 is 0 Å². The molecule has 0 atom stereocenters. The van der Waals surface area contributed by atoms with E-state index in [2.05, 4.69) is 38.0 Å².